The number of halogens is 3. The number of nitrogens with one attached hydrogen (secondary N) is 1. The minimum Gasteiger partial charge on any atom is -0.463 e. The molecule has 1 heterocycles. The summed E-state index contributed by atoms with van der Waals surface area (Å²) < 4.78 is 57.4. The molecule has 2 rings (SSSR count). The van der Waals surface area contributed by atoms with Gasteiger partial charge in [0.1, 0.15) is 6.61 Å². The maximum absolute atomic E-state index is 14.8. The van der Waals surface area contributed by atoms with Gasteiger partial charge in [-0.05, 0) is 26.8 Å². The van der Waals surface area contributed by atoms with E-state index in [2.05, 4.69) is 5.32 Å². The lowest BCUT2D eigenvalue weighted by Gasteiger charge is -2.31. The molecule has 1 aromatic carbocycles. The van der Waals surface area contributed by atoms with Crippen LogP contribution in [0.5, 0.6) is 0 Å². The molecule has 7 nitrogen and oxygen atoms in total. The summed E-state index contributed by atoms with van der Waals surface area (Å²) in [5.74, 6) is -8.78. The second-order valence-electron chi connectivity index (χ2n) is 6.47. The Morgan fingerprint density at radius 1 is 0.935 bits per heavy atom. The molecular formula is C21H22F3NO6. The minimum atomic E-state index is -1.76. The van der Waals surface area contributed by atoms with Gasteiger partial charge in [-0.3, -0.25) is 4.79 Å². The quantitative estimate of drug-likeness (QED) is 0.395. The van der Waals surface area contributed by atoms with Crippen molar-refractivity contribution < 1.29 is 41.8 Å². The maximum atomic E-state index is 14.8. The first kappa shape index (κ1) is 24.0. The van der Waals surface area contributed by atoms with Crippen molar-refractivity contribution >= 4 is 17.9 Å². The van der Waals surface area contributed by atoms with Crippen LogP contribution in [-0.2, 0) is 28.6 Å². The highest BCUT2D eigenvalue weighted by Crippen LogP contribution is 2.41. The van der Waals surface area contributed by atoms with Gasteiger partial charge in [0.2, 0.25) is 0 Å². The normalized spacial score (nSPS) is 16.0. The SMILES string of the molecule is CCOC(=O)C1=C(C)NC(COC(C)=O)=C(C(=O)OCC)C1c1ccc(F)c(F)c1F. The predicted octanol–water partition coefficient (Wildman–Crippen LogP) is 3.01. The Balaban J connectivity index is 2.80. The predicted molar refractivity (Wildman–Crippen MR) is 102 cm³/mol. The van der Waals surface area contributed by atoms with Gasteiger partial charge in [-0.1, -0.05) is 6.07 Å². The molecule has 0 bridgehead atoms. The topological polar surface area (TPSA) is 90.9 Å². The first-order valence-corrected chi connectivity index (χ1v) is 9.45. The standard InChI is InChI=1S/C21H22F3NO6/c1-5-29-20(27)15-10(3)25-14(9-31-11(4)26)17(21(28)30-6-2)16(15)12-7-8-13(22)19(24)18(12)23/h7-8,16,25H,5-6,9H2,1-4H3. The lowest BCUT2D eigenvalue weighted by molar-refractivity contribution is -0.142. The molecule has 1 atom stereocenters. The number of esters is 3. The smallest absolute Gasteiger partial charge is 0.336 e. The fraction of sp³-hybridized carbons (Fsp3) is 0.381. The van der Waals surface area contributed by atoms with E-state index in [1.165, 1.54) is 13.8 Å². The molecule has 1 unspecified atom stereocenters. The van der Waals surface area contributed by atoms with E-state index in [-0.39, 0.29) is 35.8 Å². The van der Waals surface area contributed by atoms with Crippen LogP contribution < -0.4 is 5.32 Å². The number of ether oxygens (including phenoxy) is 3. The highest BCUT2D eigenvalue weighted by Gasteiger charge is 2.41. The van der Waals surface area contributed by atoms with Crippen molar-refractivity contribution in [1.29, 1.82) is 0 Å². The van der Waals surface area contributed by atoms with Crippen LogP contribution >= 0.6 is 0 Å². The second kappa shape index (κ2) is 10.1. The molecule has 1 N–H and O–H groups in total. The second-order valence-corrected chi connectivity index (χ2v) is 6.47. The number of carbonyl (C=O) groups is 3. The van der Waals surface area contributed by atoms with E-state index < -0.39 is 53.4 Å². The number of allylic oxidation sites excluding steroid dienone is 1. The summed E-state index contributed by atoms with van der Waals surface area (Å²) in [7, 11) is 0. The highest BCUT2D eigenvalue weighted by molar-refractivity contribution is 6.00. The average molecular weight is 441 g/mol. The zero-order chi connectivity index (χ0) is 23.3. The summed E-state index contributed by atoms with van der Waals surface area (Å²) in [6.07, 6.45) is 0. The summed E-state index contributed by atoms with van der Waals surface area (Å²) >= 11 is 0. The van der Waals surface area contributed by atoms with Crippen LogP contribution in [0.2, 0.25) is 0 Å². The molecule has 10 heteroatoms. The number of hydrogen-bond donors (Lipinski definition) is 1. The summed E-state index contributed by atoms with van der Waals surface area (Å²) in [6, 6.07) is 1.61. The molecule has 0 aliphatic carbocycles. The third-order valence-electron chi connectivity index (χ3n) is 4.43. The van der Waals surface area contributed by atoms with Gasteiger partial charge in [-0.2, -0.15) is 0 Å². The van der Waals surface area contributed by atoms with Crippen LogP contribution in [0.15, 0.2) is 34.7 Å². The van der Waals surface area contributed by atoms with E-state index in [4.69, 9.17) is 14.2 Å². The number of dihydropyridines is 1. The van der Waals surface area contributed by atoms with E-state index in [1.54, 1.807) is 6.92 Å². The van der Waals surface area contributed by atoms with Crippen molar-refractivity contribution in [2.75, 3.05) is 19.8 Å². The van der Waals surface area contributed by atoms with Crippen molar-refractivity contribution in [3.63, 3.8) is 0 Å². The van der Waals surface area contributed by atoms with E-state index >= 15 is 0 Å². The van der Waals surface area contributed by atoms with Crippen molar-refractivity contribution in [3.8, 4) is 0 Å². The highest BCUT2D eigenvalue weighted by atomic mass is 19.2. The first-order chi connectivity index (χ1) is 14.6. The molecule has 168 valence electrons. The van der Waals surface area contributed by atoms with Crippen LogP contribution in [0.25, 0.3) is 0 Å². The third-order valence-corrected chi connectivity index (χ3v) is 4.43. The maximum Gasteiger partial charge on any atom is 0.336 e. The van der Waals surface area contributed by atoms with Gasteiger partial charge in [-0.15, -0.1) is 0 Å². The summed E-state index contributed by atoms with van der Waals surface area (Å²) in [5, 5.41) is 2.79. The van der Waals surface area contributed by atoms with E-state index in [1.807, 2.05) is 0 Å². The molecule has 1 aromatic rings. The molecule has 0 amide bonds. The summed E-state index contributed by atoms with van der Waals surface area (Å²) in [4.78, 5) is 36.8. The lowest BCUT2D eigenvalue weighted by Crippen LogP contribution is -2.35. The Morgan fingerprint density at radius 3 is 2.06 bits per heavy atom. The number of hydrogen-bond acceptors (Lipinski definition) is 7. The number of benzene rings is 1. The van der Waals surface area contributed by atoms with Crippen molar-refractivity contribution in [3.05, 3.63) is 57.7 Å². The van der Waals surface area contributed by atoms with Crippen LogP contribution in [0.1, 0.15) is 39.2 Å². The average Bonchev–Trinajstić information content (AvgIpc) is 2.70. The van der Waals surface area contributed by atoms with Crippen LogP contribution in [0.3, 0.4) is 0 Å². The number of carbonyl (C=O) groups excluding carboxylic acids is 3. The van der Waals surface area contributed by atoms with E-state index in [0.29, 0.717) is 6.07 Å². The Labute approximate surface area is 176 Å². The molecule has 0 saturated heterocycles. The van der Waals surface area contributed by atoms with Crippen LogP contribution in [0, 0.1) is 17.5 Å². The minimum absolute atomic E-state index is 0.00771. The molecule has 31 heavy (non-hydrogen) atoms. The molecule has 1 aliphatic heterocycles. The van der Waals surface area contributed by atoms with E-state index in [0.717, 1.165) is 13.0 Å². The first-order valence-electron chi connectivity index (χ1n) is 9.45. The largest absolute Gasteiger partial charge is 0.463 e. The molecule has 0 radical (unpaired) electrons. The number of rotatable bonds is 7. The van der Waals surface area contributed by atoms with Gasteiger partial charge < -0.3 is 19.5 Å². The van der Waals surface area contributed by atoms with Crippen molar-refractivity contribution in [2.24, 2.45) is 0 Å². The molecule has 0 saturated carbocycles. The Hall–Kier alpha value is -3.30. The fourth-order valence-corrected chi connectivity index (χ4v) is 3.19. The van der Waals surface area contributed by atoms with Gasteiger partial charge in [0.05, 0.1) is 36.0 Å². The Kier molecular flexibility index (Phi) is 7.84. The zero-order valence-electron chi connectivity index (χ0n) is 17.4. The van der Waals surface area contributed by atoms with Gasteiger partial charge in [0, 0.05) is 18.2 Å². The summed E-state index contributed by atoms with van der Waals surface area (Å²) in [5.41, 5.74) is -0.801. The van der Waals surface area contributed by atoms with Gasteiger partial charge in [0.25, 0.3) is 0 Å². The zero-order valence-corrected chi connectivity index (χ0v) is 17.4. The van der Waals surface area contributed by atoms with E-state index in [9.17, 15) is 27.6 Å². The lowest BCUT2D eigenvalue weighted by atomic mass is 9.80. The molecule has 1 aliphatic rings. The molecule has 0 spiro atoms. The Morgan fingerprint density at radius 2 is 1.52 bits per heavy atom. The Bertz CT molecular complexity index is 970. The van der Waals surface area contributed by atoms with Crippen LogP contribution in [-0.4, -0.2) is 37.7 Å². The fourth-order valence-electron chi connectivity index (χ4n) is 3.19. The van der Waals surface area contributed by atoms with Crippen LogP contribution in [0.4, 0.5) is 13.2 Å². The molecular weight excluding hydrogens is 419 g/mol. The van der Waals surface area contributed by atoms with Crippen molar-refractivity contribution in [2.45, 2.75) is 33.6 Å². The monoisotopic (exact) mass is 441 g/mol. The van der Waals surface area contributed by atoms with Gasteiger partial charge in [-0.25, -0.2) is 22.8 Å². The molecule has 0 fully saturated rings. The van der Waals surface area contributed by atoms with Gasteiger partial charge in [0.15, 0.2) is 17.5 Å². The summed E-state index contributed by atoms with van der Waals surface area (Å²) in [6.45, 7) is 5.15. The van der Waals surface area contributed by atoms with Gasteiger partial charge >= 0.3 is 17.9 Å². The third kappa shape index (κ3) is 5.07. The van der Waals surface area contributed by atoms with Crippen molar-refractivity contribution in [1.82, 2.24) is 5.32 Å². The molecule has 0 aromatic heterocycles.